The van der Waals surface area contributed by atoms with E-state index in [1.807, 2.05) is 11.9 Å². The van der Waals surface area contributed by atoms with Gasteiger partial charge in [0.1, 0.15) is 0 Å². The fourth-order valence-corrected chi connectivity index (χ4v) is 4.21. The van der Waals surface area contributed by atoms with Gasteiger partial charge in [-0.25, -0.2) is 14.4 Å². The van der Waals surface area contributed by atoms with Gasteiger partial charge in [0.05, 0.1) is 21.3 Å². The zero-order valence-electron chi connectivity index (χ0n) is 18.4. The molecule has 1 aliphatic rings. The van der Waals surface area contributed by atoms with Crippen LogP contribution in [0, 0.1) is 11.2 Å². The number of hydrogen-bond donors (Lipinski definition) is 4. The van der Waals surface area contributed by atoms with Gasteiger partial charge in [-0.2, -0.15) is 0 Å². The average molecular weight is 505 g/mol. The number of hydrogen-bond acceptors (Lipinski definition) is 9. The van der Waals surface area contributed by atoms with Crippen molar-refractivity contribution in [2.75, 3.05) is 30.8 Å². The highest BCUT2D eigenvalue weighted by Crippen LogP contribution is 2.33. The Morgan fingerprint density at radius 1 is 1.21 bits per heavy atom. The molecule has 34 heavy (non-hydrogen) atoms. The summed E-state index contributed by atoms with van der Waals surface area (Å²) in [4.78, 5) is 14.6. The summed E-state index contributed by atoms with van der Waals surface area (Å²) in [5.74, 6) is -0.393. The van der Waals surface area contributed by atoms with Crippen LogP contribution in [-0.2, 0) is 0 Å². The van der Waals surface area contributed by atoms with Gasteiger partial charge < -0.3 is 20.7 Å². The van der Waals surface area contributed by atoms with E-state index in [0.29, 0.717) is 11.5 Å². The number of nitrogen functional groups attached to an aromatic ring is 1. The summed E-state index contributed by atoms with van der Waals surface area (Å²) in [5, 5.41) is 12.2. The molecule has 9 nitrogen and oxygen atoms in total. The monoisotopic (exact) mass is 504 g/mol. The first-order chi connectivity index (χ1) is 16.1. The van der Waals surface area contributed by atoms with Crippen LogP contribution in [0.2, 0.25) is 10.0 Å². The zero-order valence-corrected chi connectivity index (χ0v) is 20.0. The summed E-state index contributed by atoms with van der Waals surface area (Å²) in [5.41, 5.74) is 13.1. The van der Waals surface area contributed by atoms with Crippen LogP contribution in [0.25, 0.3) is 0 Å². The van der Waals surface area contributed by atoms with E-state index in [-0.39, 0.29) is 43.9 Å². The normalized spacial score (nSPS) is 15.5. The molecule has 0 radical (unpaired) electrons. The fraction of sp³-hybridized carbons (Fsp3) is 0.273. The maximum absolute atomic E-state index is 14.6. The molecule has 0 bridgehead atoms. The molecule has 0 unspecified atom stereocenters. The molecule has 1 aliphatic heterocycles. The number of halogens is 3. The Kier molecular flexibility index (Phi) is 6.59. The van der Waals surface area contributed by atoms with Gasteiger partial charge >= 0.3 is 0 Å². The molecule has 1 saturated heterocycles. The van der Waals surface area contributed by atoms with E-state index in [2.05, 4.69) is 27.2 Å². The van der Waals surface area contributed by atoms with Crippen LogP contribution >= 0.6 is 23.2 Å². The number of likely N-dealkylation sites (N-methyl/N-ethyl adjacent to an activating group) is 1. The van der Waals surface area contributed by atoms with Crippen LogP contribution in [-0.4, -0.2) is 46.3 Å². The largest absolute Gasteiger partial charge is 0.468 e. The van der Waals surface area contributed by atoms with Crippen LogP contribution in [0.3, 0.4) is 0 Å². The Bertz CT molecular complexity index is 1210. The lowest BCUT2D eigenvalue weighted by atomic mass is 9.93. The van der Waals surface area contributed by atoms with Gasteiger partial charge in [0.2, 0.25) is 5.95 Å². The van der Waals surface area contributed by atoms with Crippen molar-refractivity contribution in [1.82, 2.24) is 20.3 Å². The molecule has 0 saturated carbocycles. The highest BCUT2D eigenvalue weighted by atomic mass is 35.5. The topological polar surface area (TPSA) is 139 Å². The summed E-state index contributed by atoms with van der Waals surface area (Å²) in [7, 11) is 1.92. The highest BCUT2D eigenvalue weighted by Gasteiger charge is 2.38. The maximum atomic E-state index is 14.6. The summed E-state index contributed by atoms with van der Waals surface area (Å²) in [6.45, 7) is 3.67. The molecule has 2 aromatic heterocycles. The van der Waals surface area contributed by atoms with Crippen molar-refractivity contribution >= 4 is 40.5 Å². The molecule has 178 valence electrons. The summed E-state index contributed by atoms with van der Waals surface area (Å²) in [6, 6.07) is 2.37. The second-order valence-corrected chi connectivity index (χ2v) is 9.05. The van der Waals surface area contributed by atoms with E-state index < -0.39 is 12.0 Å². The Labute approximate surface area is 205 Å². The van der Waals surface area contributed by atoms with Gasteiger partial charge in [0, 0.05) is 66.3 Å². The third-order valence-electron chi connectivity index (χ3n) is 5.70. The van der Waals surface area contributed by atoms with E-state index in [1.54, 1.807) is 0 Å². The first-order valence-electron chi connectivity index (χ1n) is 10.3. The van der Waals surface area contributed by atoms with Crippen molar-refractivity contribution in [2.45, 2.75) is 18.7 Å². The lowest BCUT2D eigenvalue weighted by Gasteiger charge is -2.47. The number of nitrogens with two attached hydrogens (primary N) is 2. The number of aromatic nitrogens is 3. The SMILES string of the molecule is CNC1(C)CN(c2ncc(C(=N)c3cc(O[C@H](N)c4c(Cl)cncc4Cl)c(F)cc3N)cn2)C1. The van der Waals surface area contributed by atoms with Crippen LogP contribution in [0.5, 0.6) is 5.75 Å². The lowest BCUT2D eigenvalue weighted by Crippen LogP contribution is -2.67. The zero-order chi connectivity index (χ0) is 24.6. The Hall–Kier alpha value is -3.05. The number of nitrogens with one attached hydrogen (secondary N) is 2. The number of nitrogens with zero attached hydrogens (tertiary/aromatic N) is 4. The number of benzene rings is 1. The predicted molar refractivity (Wildman–Crippen MR) is 130 cm³/mol. The van der Waals surface area contributed by atoms with Gasteiger partial charge in [-0.05, 0) is 20.0 Å². The van der Waals surface area contributed by atoms with Crippen molar-refractivity contribution < 1.29 is 9.13 Å². The van der Waals surface area contributed by atoms with Crippen molar-refractivity contribution in [1.29, 1.82) is 5.41 Å². The number of ether oxygens (including phenoxy) is 1. The molecule has 6 N–H and O–H groups in total. The second-order valence-electron chi connectivity index (χ2n) is 8.24. The van der Waals surface area contributed by atoms with Crippen LogP contribution in [0.15, 0.2) is 36.9 Å². The van der Waals surface area contributed by atoms with E-state index in [9.17, 15) is 4.39 Å². The predicted octanol–water partition coefficient (Wildman–Crippen LogP) is 3.15. The minimum Gasteiger partial charge on any atom is -0.468 e. The Morgan fingerprint density at radius 2 is 1.82 bits per heavy atom. The molecule has 4 rings (SSSR count). The third kappa shape index (κ3) is 4.62. The standard InChI is InChI=1S/C22H23Cl2FN8O/c1-22(29-2)9-33(10-22)21-31-5-11(6-32-21)19(27)12-3-17(15(25)4-16(12)26)34-20(28)18-13(23)7-30-8-14(18)24/h3-8,20,27,29H,9-10,26,28H2,1-2H3/t20-/m0/s1. The van der Waals surface area contributed by atoms with Crippen molar-refractivity contribution in [2.24, 2.45) is 5.73 Å². The lowest BCUT2D eigenvalue weighted by molar-refractivity contribution is 0.204. The second kappa shape index (κ2) is 9.30. The number of anilines is 2. The van der Waals surface area contributed by atoms with E-state index >= 15 is 0 Å². The van der Waals surface area contributed by atoms with E-state index in [1.165, 1.54) is 30.9 Å². The molecule has 12 heteroatoms. The maximum Gasteiger partial charge on any atom is 0.225 e. The fourth-order valence-electron chi connectivity index (χ4n) is 3.63. The van der Waals surface area contributed by atoms with Crippen LogP contribution in [0.4, 0.5) is 16.0 Å². The molecule has 1 fully saturated rings. The van der Waals surface area contributed by atoms with Gasteiger partial charge in [0.25, 0.3) is 0 Å². The molecule has 3 aromatic rings. The molecule has 0 amide bonds. The average Bonchev–Trinajstić information content (AvgIpc) is 2.78. The Balaban J connectivity index is 1.55. The van der Waals surface area contributed by atoms with Crippen molar-refractivity contribution in [3.05, 3.63) is 69.5 Å². The summed E-state index contributed by atoms with van der Waals surface area (Å²) in [6.07, 6.45) is 4.60. The number of rotatable bonds is 7. The molecule has 0 spiro atoms. The Morgan fingerprint density at radius 3 is 2.41 bits per heavy atom. The van der Waals surface area contributed by atoms with Crippen molar-refractivity contribution in [3.8, 4) is 5.75 Å². The minimum atomic E-state index is -1.18. The molecule has 1 aromatic carbocycles. The first-order valence-corrected chi connectivity index (χ1v) is 11.0. The van der Waals surface area contributed by atoms with Crippen LogP contribution in [0.1, 0.15) is 29.8 Å². The minimum absolute atomic E-state index is 0.00567. The smallest absolute Gasteiger partial charge is 0.225 e. The van der Waals surface area contributed by atoms with Crippen LogP contribution < -0.4 is 26.4 Å². The quantitative estimate of drug-likeness (QED) is 0.218. The van der Waals surface area contributed by atoms with Gasteiger partial charge in [0.15, 0.2) is 17.8 Å². The summed E-state index contributed by atoms with van der Waals surface area (Å²) >= 11 is 12.2. The van der Waals surface area contributed by atoms with Crippen molar-refractivity contribution in [3.63, 3.8) is 0 Å². The molecular formula is C22H23Cl2FN8O. The van der Waals surface area contributed by atoms with Gasteiger partial charge in [-0.3, -0.25) is 16.1 Å². The molecular weight excluding hydrogens is 482 g/mol. The number of pyridine rings is 1. The van der Waals surface area contributed by atoms with Gasteiger partial charge in [-0.15, -0.1) is 0 Å². The van der Waals surface area contributed by atoms with E-state index in [0.717, 1.165) is 19.2 Å². The third-order valence-corrected chi connectivity index (χ3v) is 6.30. The molecule has 3 heterocycles. The molecule has 1 atom stereocenters. The summed E-state index contributed by atoms with van der Waals surface area (Å²) < 4.78 is 20.2. The van der Waals surface area contributed by atoms with E-state index in [4.69, 9.17) is 44.8 Å². The highest BCUT2D eigenvalue weighted by molar-refractivity contribution is 6.35. The first kappa shape index (κ1) is 24.1. The molecule has 0 aliphatic carbocycles. The van der Waals surface area contributed by atoms with Gasteiger partial charge in [-0.1, -0.05) is 23.2 Å².